The number of methoxy groups -OCH3 is 1. The minimum atomic E-state index is -0.180. The molecule has 3 rings (SSSR count). The van der Waals surface area contributed by atoms with Gasteiger partial charge in [-0.15, -0.1) is 10.2 Å². The fourth-order valence-corrected chi connectivity index (χ4v) is 3.13. The van der Waals surface area contributed by atoms with Gasteiger partial charge in [-0.1, -0.05) is 11.6 Å². The largest absolute Gasteiger partial charge is 0.497 e. The summed E-state index contributed by atoms with van der Waals surface area (Å²) in [6.45, 7) is 1.45. The maximum atomic E-state index is 12.0. The zero-order valence-corrected chi connectivity index (χ0v) is 17.1. The van der Waals surface area contributed by atoms with Gasteiger partial charge in [0, 0.05) is 24.6 Å². The molecule has 1 N–H and O–H groups in total. The number of anilines is 1. The van der Waals surface area contributed by atoms with E-state index in [0.717, 1.165) is 28.8 Å². The number of ether oxygens (including phenoxy) is 1. The number of nitrogens with zero attached hydrogens (tertiary/aromatic N) is 4. The summed E-state index contributed by atoms with van der Waals surface area (Å²) in [7, 11) is 3.46. The third kappa shape index (κ3) is 4.71. The van der Waals surface area contributed by atoms with Crippen LogP contribution in [-0.4, -0.2) is 32.7 Å². The van der Waals surface area contributed by atoms with E-state index in [0.29, 0.717) is 16.0 Å². The number of thioether (sulfide) groups is 1. The summed E-state index contributed by atoms with van der Waals surface area (Å²) >= 11 is 7.02. The van der Waals surface area contributed by atoms with E-state index < -0.39 is 0 Å². The number of hydrogen-bond donors (Lipinski definition) is 1. The lowest BCUT2D eigenvalue weighted by Gasteiger charge is -2.06. The van der Waals surface area contributed by atoms with Gasteiger partial charge in [-0.25, -0.2) is 0 Å². The Bertz CT molecular complexity index is 1000. The highest BCUT2D eigenvalue weighted by Gasteiger charge is 2.16. The van der Waals surface area contributed by atoms with Crippen molar-refractivity contribution < 1.29 is 9.53 Å². The first-order valence-electron chi connectivity index (χ1n) is 8.30. The van der Waals surface area contributed by atoms with Crippen LogP contribution in [0.3, 0.4) is 0 Å². The summed E-state index contributed by atoms with van der Waals surface area (Å²) in [5.74, 6) is 1.26. The number of aromatic nitrogens is 3. The SMILES string of the molecule is COc1ccc(-c2nnc(S/C(=N/Nc3ccc(Cl)cc3)C(C)=O)n2C)cc1. The molecule has 0 saturated heterocycles. The van der Waals surface area contributed by atoms with E-state index in [-0.39, 0.29) is 10.8 Å². The smallest absolute Gasteiger partial charge is 0.197 e. The van der Waals surface area contributed by atoms with Crippen LogP contribution >= 0.6 is 23.4 Å². The van der Waals surface area contributed by atoms with Gasteiger partial charge in [0.15, 0.2) is 21.8 Å². The van der Waals surface area contributed by atoms with Crippen LogP contribution in [0.25, 0.3) is 11.4 Å². The van der Waals surface area contributed by atoms with E-state index in [9.17, 15) is 4.79 Å². The van der Waals surface area contributed by atoms with Crippen molar-refractivity contribution in [2.45, 2.75) is 12.1 Å². The normalized spacial score (nSPS) is 11.4. The molecule has 0 radical (unpaired) electrons. The first kappa shape index (κ1) is 19.9. The molecule has 9 heteroatoms. The van der Waals surface area contributed by atoms with Crippen LogP contribution in [-0.2, 0) is 11.8 Å². The Labute approximate surface area is 171 Å². The standard InChI is InChI=1S/C19H18ClN5O2S/c1-12(26)18(23-21-15-8-6-14(20)7-9-15)28-19-24-22-17(25(19)2)13-4-10-16(27-3)11-5-13/h4-11,21H,1-3H3/b23-18+. The van der Waals surface area contributed by atoms with Crippen molar-refractivity contribution in [3.8, 4) is 17.1 Å². The predicted molar refractivity (Wildman–Crippen MR) is 112 cm³/mol. The van der Waals surface area contributed by atoms with Crippen LogP contribution in [0.5, 0.6) is 5.75 Å². The number of carbonyl (C=O) groups excluding carboxylic acids is 1. The summed E-state index contributed by atoms with van der Waals surface area (Å²) in [6.07, 6.45) is 0. The number of ketones is 1. The van der Waals surface area contributed by atoms with Crippen molar-refractivity contribution in [3.63, 3.8) is 0 Å². The summed E-state index contributed by atoms with van der Waals surface area (Å²) < 4.78 is 6.99. The van der Waals surface area contributed by atoms with E-state index >= 15 is 0 Å². The van der Waals surface area contributed by atoms with Crippen LogP contribution in [0.2, 0.25) is 5.02 Å². The second-order valence-corrected chi connectivity index (χ2v) is 7.18. The number of nitrogens with one attached hydrogen (secondary N) is 1. The van der Waals surface area contributed by atoms with Crippen LogP contribution in [0.4, 0.5) is 5.69 Å². The zero-order valence-electron chi connectivity index (χ0n) is 15.5. The molecule has 1 heterocycles. The van der Waals surface area contributed by atoms with Crippen LogP contribution in [0.1, 0.15) is 6.92 Å². The molecule has 0 amide bonds. The lowest BCUT2D eigenvalue weighted by atomic mass is 10.2. The average molecular weight is 416 g/mol. The van der Waals surface area contributed by atoms with E-state index in [2.05, 4.69) is 20.7 Å². The van der Waals surface area contributed by atoms with E-state index in [4.69, 9.17) is 16.3 Å². The molecular formula is C19H18ClN5O2S. The van der Waals surface area contributed by atoms with Gasteiger partial charge in [-0.2, -0.15) is 5.10 Å². The molecule has 0 aliphatic rings. The Kier molecular flexibility index (Phi) is 6.33. The minimum Gasteiger partial charge on any atom is -0.497 e. The van der Waals surface area contributed by atoms with Crippen LogP contribution in [0.15, 0.2) is 58.8 Å². The third-order valence-corrected chi connectivity index (χ3v) is 5.17. The summed E-state index contributed by atoms with van der Waals surface area (Å²) in [5.41, 5.74) is 4.48. The molecule has 1 aromatic heterocycles. The van der Waals surface area contributed by atoms with Gasteiger partial charge in [0.1, 0.15) is 5.75 Å². The highest BCUT2D eigenvalue weighted by Crippen LogP contribution is 2.25. The van der Waals surface area contributed by atoms with Crippen LogP contribution < -0.4 is 10.2 Å². The van der Waals surface area contributed by atoms with Crippen molar-refractivity contribution in [2.75, 3.05) is 12.5 Å². The number of hydrogen-bond acceptors (Lipinski definition) is 7. The Balaban J connectivity index is 1.79. The number of benzene rings is 2. The predicted octanol–water partition coefficient (Wildman–Crippen LogP) is 4.25. The van der Waals surface area contributed by atoms with Gasteiger partial charge in [-0.3, -0.25) is 10.2 Å². The molecule has 2 aromatic carbocycles. The molecule has 28 heavy (non-hydrogen) atoms. The van der Waals surface area contributed by atoms with Gasteiger partial charge < -0.3 is 9.30 Å². The molecule has 0 atom stereocenters. The summed E-state index contributed by atoms with van der Waals surface area (Å²) in [6, 6.07) is 14.5. The summed E-state index contributed by atoms with van der Waals surface area (Å²) in [5, 5.41) is 14.1. The second-order valence-electron chi connectivity index (χ2n) is 5.79. The topological polar surface area (TPSA) is 81.4 Å². The zero-order chi connectivity index (χ0) is 20.1. The molecule has 0 saturated carbocycles. The number of halogens is 1. The monoisotopic (exact) mass is 415 g/mol. The Hall–Kier alpha value is -2.84. The maximum Gasteiger partial charge on any atom is 0.197 e. The average Bonchev–Trinajstić information content (AvgIpc) is 3.06. The van der Waals surface area contributed by atoms with Crippen molar-refractivity contribution in [3.05, 3.63) is 53.6 Å². The fourth-order valence-electron chi connectivity index (χ4n) is 2.29. The number of rotatable bonds is 6. The van der Waals surface area contributed by atoms with Gasteiger partial charge in [0.05, 0.1) is 12.8 Å². The number of hydrazone groups is 1. The first-order chi connectivity index (χ1) is 13.5. The Morgan fingerprint density at radius 3 is 2.43 bits per heavy atom. The highest BCUT2D eigenvalue weighted by molar-refractivity contribution is 8.15. The molecule has 0 unspecified atom stereocenters. The van der Waals surface area contributed by atoms with Crippen molar-refractivity contribution in [1.82, 2.24) is 14.8 Å². The van der Waals surface area contributed by atoms with Gasteiger partial charge in [0.25, 0.3) is 0 Å². The second kappa shape index (κ2) is 8.90. The van der Waals surface area contributed by atoms with E-state index in [1.807, 2.05) is 35.9 Å². The Morgan fingerprint density at radius 1 is 1.14 bits per heavy atom. The third-order valence-electron chi connectivity index (χ3n) is 3.80. The molecule has 7 nitrogen and oxygen atoms in total. The van der Waals surface area contributed by atoms with Gasteiger partial charge in [0.2, 0.25) is 0 Å². The lowest BCUT2D eigenvalue weighted by molar-refractivity contribution is -0.110. The van der Waals surface area contributed by atoms with E-state index in [1.165, 1.54) is 6.92 Å². The van der Waals surface area contributed by atoms with Gasteiger partial charge in [-0.05, 0) is 60.3 Å². The van der Waals surface area contributed by atoms with E-state index in [1.54, 1.807) is 31.4 Å². The van der Waals surface area contributed by atoms with Gasteiger partial charge >= 0.3 is 0 Å². The Morgan fingerprint density at radius 2 is 1.82 bits per heavy atom. The molecular weight excluding hydrogens is 398 g/mol. The van der Waals surface area contributed by atoms with Crippen molar-refractivity contribution >= 4 is 39.9 Å². The van der Waals surface area contributed by atoms with Crippen molar-refractivity contribution in [1.29, 1.82) is 0 Å². The number of carbonyl (C=O) groups is 1. The first-order valence-corrected chi connectivity index (χ1v) is 9.49. The molecule has 0 bridgehead atoms. The van der Waals surface area contributed by atoms with Crippen molar-refractivity contribution in [2.24, 2.45) is 12.1 Å². The highest BCUT2D eigenvalue weighted by atomic mass is 35.5. The lowest BCUT2D eigenvalue weighted by Crippen LogP contribution is -2.09. The molecule has 3 aromatic rings. The van der Waals surface area contributed by atoms with Crippen LogP contribution in [0, 0.1) is 0 Å². The molecule has 0 aliphatic heterocycles. The fraction of sp³-hybridized carbons (Fsp3) is 0.158. The molecule has 144 valence electrons. The maximum absolute atomic E-state index is 12.0. The molecule has 0 aliphatic carbocycles. The minimum absolute atomic E-state index is 0.180. The summed E-state index contributed by atoms with van der Waals surface area (Å²) in [4.78, 5) is 12.0. The number of Topliss-reactive ketones (excluding diaryl/α,β-unsaturated/α-hetero) is 1. The molecule has 0 spiro atoms. The quantitative estimate of drug-likeness (QED) is 0.280. The molecule has 0 fully saturated rings.